The summed E-state index contributed by atoms with van der Waals surface area (Å²) in [6.07, 6.45) is 0.878. The number of benzene rings is 3. The molecule has 0 aliphatic carbocycles. The Morgan fingerprint density at radius 2 is 1.54 bits per heavy atom. The predicted octanol–water partition coefficient (Wildman–Crippen LogP) is 2.63. The molecule has 1 aliphatic heterocycles. The number of carbonyl (C=O) groups is 1. The SMILES string of the molecule is O=C1CN(c2ccc(-c3ccc(Cc4ccccc4)cc3)cc2P)S(=O)(=O)N1. The number of hydrogen-bond acceptors (Lipinski definition) is 3. The maximum Gasteiger partial charge on any atom is 0.326 e. The highest BCUT2D eigenvalue weighted by molar-refractivity contribution is 7.92. The first-order valence-electron chi connectivity index (χ1n) is 8.78. The van der Waals surface area contributed by atoms with Gasteiger partial charge in [-0.05, 0) is 46.1 Å². The summed E-state index contributed by atoms with van der Waals surface area (Å²) in [5, 5.41) is 0.714. The van der Waals surface area contributed by atoms with Crippen LogP contribution in [0.3, 0.4) is 0 Å². The van der Waals surface area contributed by atoms with Gasteiger partial charge in [-0.15, -0.1) is 9.24 Å². The molecule has 3 aromatic carbocycles. The second-order valence-corrected chi connectivity index (χ2v) is 8.89. The molecular formula is C21H19N2O3PS. The number of carbonyl (C=O) groups excluding carboxylic acids is 1. The van der Waals surface area contributed by atoms with E-state index in [1.807, 2.05) is 35.1 Å². The third-order valence-electron chi connectivity index (χ3n) is 4.65. The van der Waals surface area contributed by atoms with Gasteiger partial charge in [0.05, 0.1) is 5.69 Å². The van der Waals surface area contributed by atoms with Crippen molar-refractivity contribution in [3.63, 3.8) is 0 Å². The van der Waals surface area contributed by atoms with E-state index in [1.54, 1.807) is 6.07 Å². The molecule has 0 aromatic heterocycles. The Kier molecular flexibility index (Phi) is 4.92. The first-order valence-corrected chi connectivity index (χ1v) is 10.8. The van der Waals surface area contributed by atoms with Crippen LogP contribution < -0.4 is 14.3 Å². The van der Waals surface area contributed by atoms with Crippen molar-refractivity contribution in [2.45, 2.75) is 6.42 Å². The summed E-state index contributed by atoms with van der Waals surface area (Å²) < 4.78 is 27.2. The summed E-state index contributed by atoms with van der Waals surface area (Å²) in [5.74, 6) is -0.525. The lowest BCUT2D eigenvalue weighted by Crippen LogP contribution is -2.31. The second kappa shape index (κ2) is 7.38. The largest absolute Gasteiger partial charge is 0.326 e. The molecule has 0 saturated carbocycles. The number of nitrogens with one attached hydrogen (secondary N) is 1. The van der Waals surface area contributed by atoms with Gasteiger partial charge in [0.15, 0.2) is 0 Å². The Hall–Kier alpha value is -2.69. The molecule has 7 heteroatoms. The lowest BCUT2D eigenvalue weighted by atomic mass is 10.00. The van der Waals surface area contributed by atoms with Crippen molar-refractivity contribution < 1.29 is 13.2 Å². The molecule has 1 atom stereocenters. The lowest BCUT2D eigenvalue weighted by molar-refractivity contribution is -0.117. The quantitative estimate of drug-likeness (QED) is 0.673. The van der Waals surface area contributed by atoms with Crippen LogP contribution in [0.1, 0.15) is 11.1 Å². The van der Waals surface area contributed by atoms with Gasteiger partial charge < -0.3 is 0 Å². The first kappa shape index (κ1) is 18.7. The second-order valence-electron chi connectivity index (χ2n) is 6.67. The maximum absolute atomic E-state index is 12.1. The van der Waals surface area contributed by atoms with E-state index >= 15 is 0 Å². The minimum atomic E-state index is -3.80. The highest BCUT2D eigenvalue weighted by Gasteiger charge is 2.34. The zero-order valence-corrected chi connectivity index (χ0v) is 17.0. The van der Waals surface area contributed by atoms with Crippen molar-refractivity contribution in [3.05, 3.63) is 83.9 Å². The van der Waals surface area contributed by atoms with Gasteiger partial charge in [-0.3, -0.25) is 4.79 Å². The Morgan fingerprint density at radius 3 is 2.14 bits per heavy atom. The predicted molar refractivity (Wildman–Crippen MR) is 115 cm³/mol. The smallest absolute Gasteiger partial charge is 0.272 e. The van der Waals surface area contributed by atoms with Crippen molar-refractivity contribution >= 4 is 36.3 Å². The number of amides is 1. The standard InChI is InChI=1S/C21H19N2O3PS/c24-21-14-23(28(25,26)22-21)19-11-10-18(13-20(19)27)17-8-6-16(7-9-17)12-15-4-2-1-3-5-15/h1-11,13H,12,14,27H2,(H,22,24). The van der Waals surface area contributed by atoms with E-state index in [-0.39, 0.29) is 6.54 Å². The molecule has 5 nitrogen and oxygen atoms in total. The maximum atomic E-state index is 12.1. The molecule has 1 saturated heterocycles. The molecule has 0 bridgehead atoms. The van der Waals surface area contributed by atoms with E-state index in [4.69, 9.17) is 0 Å². The Balaban J connectivity index is 1.57. The number of nitrogens with zero attached hydrogens (tertiary/aromatic N) is 1. The van der Waals surface area contributed by atoms with Gasteiger partial charge in [0, 0.05) is 0 Å². The molecule has 28 heavy (non-hydrogen) atoms. The van der Waals surface area contributed by atoms with E-state index in [9.17, 15) is 13.2 Å². The van der Waals surface area contributed by atoms with E-state index in [1.165, 1.54) is 11.1 Å². The monoisotopic (exact) mass is 410 g/mol. The molecule has 1 N–H and O–H groups in total. The average Bonchev–Trinajstić information content (AvgIpc) is 2.95. The van der Waals surface area contributed by atoms with Crippen LogP contribution >= 0.6 is 9.24 Å². The topological polar surface area (TPSA) is 66.5 Å². The normalized spacial score (nSPS) is 15.5. The third kappa shape index (κ3) is 3.79. The zero-order valence-electron chi connectivity index (χ0n) is 15.0. The highest BCUT2D eigenvalue weighted by atomic mass is 32.2. The van der Waals surface area contributed by atoms with Crippen molar-refractivity contribution in [2.75, 3.05) is 10.8 Å². The van der Waals surface area contributed by atoms with Gasteiger partial charge in [-0.25, -0.2) is 9.03 Å². The van der Waals surface area contributed by atoms with Crippen LogP contribution in [-0.2, 0) is 21.4 Å². The fourth-order valence-electron chi connectivity index (χ4n) is 3.27. The molecule has 0 spiro atoms. The molecule has 142 valence electrons. The van der Waals surface area contributed by atoms with E-state index in [0.29, 0.717) is 11.0 Å². The zero-order chi connectivity index (χ0) is 19.7. The molecular weight excluding hydrogens is 391 g/mol. The molecule has 4 rings (SSSR count). The van der Waals surface area contributed by atoms with Crippen molar-refractivity contribution in [1.29, 1.82) is 0 Å². The minimum absolute atomic E-state index is 0.197. The fraction of sp³-hybridized carbons (Fsp3) is 0.0952. The molecule has 1 amide bonds. The van der Waals surface area contributed by atoms with Gasteiger partial charge in [-0.1, -0.05) is 60.7 Å². The fourth-order valence-corrected chi connectivity index (χ4v) is 4.97. The summed E-state index contributed by atoms with van der Waals surface area (Å²) >= 11 is 0. The third-order valence-corrected chi connectivity index (χ3v) is 6.51. The number of hydrogen-bond donors (Lipinski definition) is 1. The summed E-state index contributed by atoms with van der Waals surface area (Å²) in [4.78, 5) is 11.5. The van der Waals surface area contributed by atoms with Crippen LogP contribution in [0.4, 0.5) is 5.69 Å². The van der Waals surface area contributed by atoms with Crippen LogP contribution in [0.2, 0.25) is 0 Å². The van der Waals surface area contributed by atoms with Crippen LogP contribution in [0.15, 0.2) is 72.8 Å². The van der Waals surface area contributed by atoms with E-state index < -0.39 is 16.1 Å². The molecule has 1 fully saturated rings. The van der Waals surface area contributed by atoms with Gasteiger partial charge in [0.1, 0.15) is 6.54 Å². The van der Waals surface area contributed by atoms with Gasteiger partial charge in [-0.2, -0.15) is 8.42 Å². The van der Waals surface area contributed by atoms with Crippen LogP contribution in [0.25, 0.3) is 11.1 Å². The number of anilines is 1. The molecule has 1 heterocycles. The van der Waals surface area contributed by atoms with Crippen LogP contribution in [0.5, 0.6) is 0 Å². The summed E-state index contributed by atoms with van der Waals surface area (Å²) in [6, 6.07) is 24.1. The summed E-state index contributed by atoms with van der Waals surface area (Å²) in [7, 11) is -1.25. The molecule has 0 radical (unpaired) electrons. The van der Waals surface area contributed by atoms with E-state index in [0.717, 1.165) is 21.9 Å². The van der Waals surface area contributed by atoms with Crippen LogP contribution in [0, 0.1) is 0 Å². The highest BCUT2D eigenvalue weighted by Crippen LogP contribution is 2.26. The van der Waals surface area contributed by atoms with E-state index in [2.05, 4.69) is 45.6 Å². The Bertz CT molecular complexity index is 1130. The molecule has 1 unspecified atom stereocenters. The van der Waals surface area contributed by atoms with Crippen LogP contribution in [-0.4, -0.2) is 20.9 Å². The van der Waals surface area contributed by atoms with Gasteiger partial charge in [0.2, 0.25) is 0 Å². The van der Waals surface area contributed by atoms with Gasteiger partial charge >= 0.3 is 10.2 Å². The lowest BCUT2D eigenvalue weighted by Gasteiger charge is -2.18. The summed E-state index contributed by atoms with van der Waals surface area (Å²) in [5.41, 5.74) is 5.00. The number of rotatable bonds is 4. The first-order chi connectivity index (χ1) is 13.4. The van der Waals surface area contributed by atoms with Crippen molar-refractivity contribution in [2.24, 2.45) is 0 Å². The van der Waals surface area contributed by atoms with Gasteiger partial charge in [0.25, 0.3) is 5.91 Å². The molecule has 3 aromatic rings. The van der Waals surface area contributed by atoms with Crippen molar-refractivity contribution in [1.82, 2.24) is 4.72 Å². The minimum Gasteiger partial charge on any atom is -0.272 e. The van der Waals surface area contributed by atoms with Crippen molar-refractivity contribution in [3.8, 4) is 11.1 Å². The summed E-state index contributed by atoms with van der Waals surface area (Å²) in [6.45, 7) is -0.197. The Morgan fingerprint density at radius 1 is 0.893 bits per heavy atom. The Labute approximate surface area is 166 Å². The average molecular weight is 410 g/mol. The molecule has 1 aliphatic rings.